The maximum absolute atomic E-state index is 12.1. The minimum absolute atomic E-state index is 0.0995. The predicted octanol–water partition coefficient (Wildman–Crippen LogP) is 4.14. The van der Waals surface area contributed by atoms with Crippen LogP contribution in [0.3, 0.4) is 0 Å². The lowest BCUT2D eigenvalue weighted by atomic mass is 10.2. The summed E-state index contributed by atoms with van der Waals surface area (Å²) in [6.07, 6.45) is 1.41. The summed E-state index contributed by atoms with van der Waals surface area (Å²) < 4.78 is 5.41. The molecule has 25 heavy (non-hydrogen) atoms. The third-order valence-corrected chi connectivity index (χ3v) is 4.59. The first-order valence-electron chi connectivity index (χ1n) is 7.81. The molecule has 0 unspecified atom stereocenters. The number of carbonyl (C=O) groups excluding carboxylic acids is 2. The number of hydrogen-bond acceptors (Lipinski definition) is 3. The smallest absolute Gasteiger partial charge is 0.262 e. The molecule has 0 saturated carbocycles. The third kappa shape index (κ3) is 4.24. The van der Waals surface area contributed by atoms with E-state index in [0.29, 0.717) is 29.4 Å². The number of hydrogen-bond donors (Lipinski definition) is 1. The van der Waals surface area contributed by atoms with Gasteiger partial charge in [-0.15, -0.1) is 0 Å². The zero-order valence-electron chi connectivity index (χ0n) is 13.3. The van der Waals surface area contributed by atoms with Gasteiger partial charge in [0.15, 0.2) is 6.61 Å². The number of benzene rings is 2. The molecule has 1 saturated heterocycles. The minimum Gasteiger partial charge on any atom is -0.482 e. The van der Waals surface area contributed by atoms with Gasteiger partial charge < -0.3 is 15.0 Å². The normalized spacial score (nSPS) is 13.8. The van der Waals surface area contributed by atoms with Crippen LogP contribution in [0.2, 0.25) is 10.0 Å². The Kier molecular flexibility index (Phi) is 5.46. The molecule has 1 heterocycles. The predicted molar refractivity (Wildman–Crippen MR) is 98.6 cm³/mol. The molecule has 2 aromatic carbocycles. The number of anilines is 2. The van der Waals surface area contributed by atoms with Crippen molar-refractivity contribution >= 4 is 46.4 Å². The summed E-state index contributed by atoms with van der Waals surface area (Å²) in [7, 11) is 0. The highest BCUT2D eigenvalue weighted by Crippen LogP contribution is 2.31. The molecule has 0 aliphatic carbocycles. The molecule has 0 radical (unpaired) electrons. The van der Waals surface area contributed by atoms with E-state index in [-0.39, 0.29) is 23.4 Å². The Bertz CT molecular complexity index is 811. The van der Waals surface area contributed by atoms with Crippen LogP contribution in [0.1, 0.15) is 12.8 Å². The van der Waals surface area contributed by atoms with E-state index in [9.17, 15) is 9.59 Å². The highest BCUT2D eigenvalue weighted by molar-refractivity contribution is 6.42. The van der Waals surface area contributed by atoms with Gasteiger partial charge in [0.1, 0.15) is 10.8 Å². The second kappa shape index (κ2) is 7.76. The molecular weight excluding hydrogens is 363 g/mol. The number of carbonyl (C=O) groups is 2. The van der Waals surface area contributed by atoms with Crippen molar-refractivity contribution in [1.82, 2.24) is 0 Å². The molecule has 1 aliphatic heterocycles. The largest absolute Gasteiger partial charge is 0.482 e. The molecule has 3 rings (SSSR count). The van der Waals surface area contributed by atoms with Gasteiger partial charge in [-0.1, -0.05) is 35.3 Å². The summed E-state index contributed by atoms with van der Waals surface area (Å²) >= 11 is 11.9. The number of rotatable bonds is 5. The second-order valence-electron chi connectivity index (χ2n) is 5.59. The van der Waals surface area contributed by atoms with Crippen molar-refractivity contribution in [2.45, 2.75) is 12.8 Å². The second-order valence-corrected chi connectivity index (χ2v) is 6.37. The van der Waals surface area contributed by atoms with Crippen LogP contribution in [0.5, 0.6) is 5.75 Å². The van der Waals surface area contributed by atoms with Crippen molar-refractivity contribution in [2.24, 2.45) is 0 Å². The molecule has 0 spiro atoms. The van der Waals surface area contributed by atoms with E-state index >= 15 is 0 Å². The van der Waals surface area contributed by atoms with Crippen molar-refractivity contribution in [2.75, 3.05) is 23.4 Å². The Balaban J connectivity index is 1.61. The molecule has 130 valence electrons. The van der Waals surface area contributed by atoms with Gasteiger partial charge in [-0.2, -0.15) is 0 Å². The highest BCUT2D eigenvalue weighted by atomic mass is 35.5. The van der Waals surface area contributed by atoms with Crippen molar-refractivity contribution in [3.63, 3.8) is 0 Å². The van der Waals surface area contributed by atoms with Crippen LogP contribution in [-0.4, -0.2) is 25.0 Å². The number of amides is 2. The Hall–Kier alpha value is -2.24. The standard InChI is InChI=1S/C18H16Cl2N2O3/c19-14-6-2-7-15(18(14)20)25-11-16(23)21-12-4-1-5-13(10-12)22-9-3-8-17(22)24/h1-2,4-7,10H,3,8-9,11H2,(H,21,23). The number of nitrogens with zero attached hydrogens (tertiary/aromatic N) is 1. The number of nitrogens with one attached hydrogen (secondary N) is 1. The first kappa shape index (κ1) is 17.6. The fraction of sp³-hybridized carbons (Fsp3) is 0.222. The van der Waals surface area contributed by atoms with Crippen molar-refractivity contribution in [3.8, 4) is 5.75 Å². The summed E-state index contributed by atoms with van der Waals surface area (Å²) in [6, 6.07) is 12.1. The topological polar surface area (TPSA) is 58.6 Å². The molecule has 2 amide bonds. The number of ether oxygens (including phenoxy) is 1. The van der Waals surface area contributed by atoms with Crippen LogP contribution in [0, 0.1) is 0 Å². The van der Waals surface area contributed by atoms with E-state index in [4.69, 9.17) is 27.9 Å². The Morgan fingerprint density at radius 1 is 1.20 bits per heavy atom. The summed E-state index contributed by atoms with van der Waals surface area (Å²) in [5, 5.41) is 3.38. The van der Waals surface area contributed by atoms with Crippen LogP contribution < -0.4 is 15.0 Å². The van der Waals surface area contributed by atoms with Gasteiger partial charge in [0.25, 0.3) is 5.91 Å². The van der Waals surface area contributed by atoms with Gasteiger partial charge >= 0.3 is 0 Å². The van der Waals surface area contributed by atoms with E-state index in [1.807, 2.05) is 6.07 Å². The SMILES string of the molecule is O=C(COc1cccc(Cl)c1Cl)Nc1cccc(N2CCCC2=O)c1. The lowest BCUT2D eigenvalue weighted by Crippen LogP contribution is -2.24. The Morgan fingerprint density at radius 2 is 2.00 bits per heavy atom. The summed E-state index contributed by atoms with van der Waals surface area (Å²) in [5.41, 5.74) is 1.38. The van der Waals surface area contributed by atoms with Gasteiger partial charge in [-0.05, 0) is 36.8 Å². The molecule has 1 fully saturated rings. The van der Waals surface area contributed by atoms with Gasteiger partial charge in [-0.25, -0.2) is 0 Å². The van der Waals surface area contributed by atoms with E-state index in [1.165, 1.54) is 0 Å². The maximum atomic E-state index is 12.1. The molecule has 0 bridgehead atoms. The molecule has 0 atom stereocenters. The van der Waals surface area contributed by atoms with E-state index in [0.717, 1.165) is 12.1 Å². The fourth-order valence-electron chi connectivity index (χ4n) is 2.61. The Morgan fingerprint density at radius 3 is 2.76 bits per heavy atom. The molecule has 1 aliphatic rings. The van der Waals surface area contributed by atoms with Gasteiger partial charge in [0.05, 0.1) is 5.02 Å². The monoisotopic (exact) mass is 378 g/mol. The zero-order valence-corrected chi connectivity index (χ0v) is 14.8. The average molecular weight is 379 g/mol. The molecular formula is C18H16Cl2N2O3. The highest BCUT2D eigenvalue weighted by Gasteiger charge is 2.21. The van der Waals surface area contributed by atoms with Crippen LogP contribution in [-0.2, 0) is 9.59 Å². The zero-order chi connectivity index (χ0) is 17.8. The lowest BCUT2D eigenvalue weighted by Gasteiger charge is -2.17. The van der Waals surface area contributed by atoms with Gasteiger partial charge in [-0.3, -0.25) is 9.59 Å². The van der Waals surface area contributed by atoms with Gasteiger partial charge in [0.2, 0.25) is 5.91 Å². The van der Waals surface area contributed by atoms with E-state index in [1.54, 1.807) is 41.3 Å². The molecule has 5 nitrogen and oxygen atoms in total. The molecule has 2 aromatic rings. The summed E-state index contributed by atoms with van der Waals surface area (Å²) in [5.74, 6) is 0.115. The van der Waals surface area contributed by atoms with Crippen molar-refractivity contribution < 1.29 is 14.3 Å². The van der Waals surface area contributed by atoms with E-state index in [2.05, 4.69) is 5.32 Å². The lowest BCUT2D eigenvalue weighted by molar-refractivity contribution is -0.118. The number of halogens is 2. The summed E-state index contributed by atoms with van der Waals surface area (Å²) in [4.78, 5) is 25.6. The van der Waals surface area contributed by atoms with Crippen molar-refractivity contribution in [1.29, 1.82) is 0 Å². The summed E-state index contributed by atoms with van der Waals surface area (Å²) in [6.45, 7) is 0.500. The van der Waals surface area contributed by atoms with Crippen molar-refractivity contribution in [3.05, 3.63) is 52.5 Å². The minimum atomic E-state index is -0.332. The first-order valence-corrected chi connectivity index (χ1v) is 8.57. The van der Waals surface area contributed by atoms with Crippen LogP contribution in [0.25, 0.3) is 0 Å². The fourth-order valence-corrected chi connectivity index (χ4v) is 2.95. The third-order valence-electron chi connectivity index (χ3n) is 3.79. The maximum Gasteiger partial charge on any atom is 0.262 e. The molecule has 0 aromatic heterocycles. The Labute approximate surface area is 155 Å². The average Bonchev–Trinajstić information content (AvgIpc) is 3.02. The van der Waals surface area contributed by atoms with Crippen LogP contribution in [0.15, 0.2) is 42.5 Å². The molecule has 7 heteroatoms. The van der Waals surface area contributed by atoms with Crippen LogP contribution >= 0.6 is 23.2 Å². The van der Waals surface area contributed by atoms with Crippen LogP contribution in [0.4, 0.5) is 11.4 Å². The van der Waals surface area contributed by atoms with Gasteiger partial charge in [0, 0.05) is 24.3 Å². The van der Waals surface area contributed by atoms with E-state index < -0.39 is 0 Å². The quantitative estimate of drug-likeness (QED) is 0.850. The first-order chi connectivity index (χ1) is 12.0. The molecule has 1 N–H and O–H groups in total.